The Hall–Kier alpha value is -3.72. The van der Waals surface area contributed by atoms with Gasteiger partial charge in [-0.25, -0.2) is 9.97 Å². The molecular weight excluding hydrogens is 330 g/mol. The van der Waals surface area contributed by atoms with E-state index < -0.39 is 0 Å². The number of hydrogen-bond donors (Lipinski definition) is 1. The molecule has 128 valence electrons. The molecule has 3 aromatic carbocycles. The first-order chi connectivity index (χ1) is 13.4. The van der Waals surface area contributed by atoms with Gasteiger partial charge in [-0.15, -0.1) is 0 Å². The maximum Gasteiger partial charge on any atom is 0.100 e. The molecular formula is C24H17N3. The van der Waals surface area contributed by atoms with Crippen LogP contribution in [0.25, 0.3) is 44.7 Å². The van der Waals surface area contributed by atoms with Gasteiger partial charge in [0, 0.05) is 16.7 Å². The van der Waals surface area contributed by atoms with Crippen LogP contribution in [0.3, 0.4) is 0 Å². The molecule has 0 aliphatic heterocycles. The lowest BCUT2D eigenvalue weighted by atomic mass is 9.96. The fourth-order valence-electron chi connectivity index (χ4n) is 3.49. The summed E-state index contributed by atoms with van der Waals surface area (Å²) in [6.45, 7) is 0. The van der Waals surface area contributed by atoms with Crippen molar-refractivity contribution in [2.45, 2.75) is 0 Å². The summed E-state index contributed by atoms with van der Waals surface area (Å²) < 4.78 is 0. The standard InChI is InChI=1S/C24H17N3/c1-4-10-17(11-5-1)20-21(18-12-6-2-7-13-18)27-22(19-14-8-3-9-15-19)24-23(20)25-16-26-24/h1-16H,(H,25,26). The van der Waals surface area contributed by atoms with Crippen molar-refractivity contribution in [3.63, 3.8) is 0 Å². The summed E-state index contributed by atoms with van der Waals surface area (Å²) in [5.41, 5.74) is 8.08. The zero-order chi connectivity index (χ0) is 18.1. The van der Waals surface area contributed by atoms with Crippen LogP contribution < -0.4 is 0 Å². The van der Waals surface area contributed by atoms with Crippen molar-refractivity contribution in [1.82, 2.24) is 15.0 Å². The van der Waals surface area contributed by atoms with Gasteiger partial charge in [-0.1, -0.05) is 91.0 Å². The predicted octanol–water partition coefficient (Wildman–Crippen LogP) is 5.96. The zero-order valence-corrected chi connectivity index (χ0v) is 14.6. The van der Waals surface area contributed by atoms with Crippen molar-refractivity contribution in [3.8, 4) is 33.6 Å². The van der Waals surface area contributed by atoms with Crippen LogP contribution in [-0.4, -0.2) is 15.0 Å². The van der Waals surface area contributed by atoms with Crippen molar-refractivity contribution in [2.75, 3.05) is 0 Å². The van der Waals surface area contributed by atoms with E-state index in [0.717, 1.165) is 44.7 Å². The highest BCUT2D eigenvalue weighted by molar-refractivity contribution is 6.04. The lowest BCUT2D eigenvalue weighted by Gasteiger charge is -2.14. The van der Waals surface area contributed by atoms with Gasteiger partial charge in [-0.05, 0) is 5.56 Å². The number of rotatable bonds is 3. The lowest BCUT2D eigenvalue weighted by molar-refractivity contribution is 1.33. The molecule has 0 unspecified atom stereocenters. The third-order valence-electron chi connectivity index (χ3n) is 4.73. The fourth-order valence-corrected chi connectivity index (χ4v) is 3.49. The number of aromatic nitrogens is 3. The predicted molar refractivity (Wildman–Crippen MR) is 110 cm³/mol. The zero-order valence-electron chi connectivity index (χ0n) is 14.6. The van der Waals surface area contributed by atoms with Gasteiger partial charge in [-0.2, -0.15) is 0 Å². The SMILES string of the molecule is c1ccc(-c2nc(-c3ccccc3)c3[nH]cnc3c2-c2ccccc2)cc1. The Labute approximate surface area is 157 Å². The maximum atomic E-state index is 5.12. The molecule has 3 heteroatoms. The summed E-state index contributed by atoms with van der Waals surface area (Å²) in [7, 11) is 0. The number of benzene rings is 3. The Bertz CT molecular complexity index is 1190. The van der Waals surface area contributed by atoms with E-state index in [0.29, 0.717) is 0 Å². The first kappa shape index (κ1) is 15.5. The molecule has 0 aliphatic rings. The molecule has 0 bridgehead atoms. The van der Waals surface area contributed by atoms with E-state index in [1.165, 1.54) is 0 Å². The molecule has 3 nitrogen and oxygen atoms in total. The topological polar surface area (TPSA) is 41.6 Å². The van der Waals surface area contributed by atoms with Crippen LogP contribution in [0.2, 0.25) is 0 Å². The molecule has 5 aromatic rings. The molecule has 2 aromatic heterocycles. The molecule has 0 saturated carbocycles. The quantitative estimate of drug-likeness (QED) is 0.437. The van der Waals surface area contributed by atoms with Crippen molar-refractivity contribution >= 4 is 11.0 Å². The van der Waals surface area contributed by atoms with E-state index in [1.54, 1.807) is 6.33 Å². The average Bonchev–Trinajstić information content (AvgIpc) is 3.24. The number of H-pyrrole nitrogens is 1. The minimum absolute atomic E-state index is 0.918. The Balaban J connectivity index is 1.90. The molecule has 0 amide bonds. The van der Waals surface area contributed by atoms with Gasteiger partial charge in [-0.3, -0.25) is 0 Å². The third-order valence-corrected chi connectivity index (χ3v) is 4.73. The summed E-state index contributed by atoms with van der Waals surface area (Å²) >= 11 is 0. The van der Waals surface area contributed by atoms with E-state index in [-0.39, 0.29) is 0 Å². The number of aromatic amines is 1. The minimum atomic E-state index is 0.918. The van der Waals surface area contributed by atoms with Gasteiger partial charge < -0.3 is 4.98 Å². The van der Waals surface area contributed by atoms with Gasteiger partial charge in [0.15, 0.2) is 0 Å². The number of nitrogens with one attached hydrogen (secondary N) is 1. The number of fused-ring (bicyclic) bond motifs is 1. The summed E-state index contributed by atoms with van der Waals surface area (Å²) in [6.07, 6.45) is 1.75. The molecule has 0 atom stereocenters. The molecule has 0 saturated heterocycles. The smallest absolute Gasteiger partial charge is 0.100 e. The molecule has 27 heavy (non-hydrogen) atoms. The largest absolute Gasteiger partial charge is 0.343 e. The van der Waals surface area contributed by atoms with Gasteiger partial charge in [0.1, 0.15) is 5.52 Å². The Morgan fingerprint density at radius 1 is 0.556 bits per heavy atom. The second-order valence-electron chi connectivity index (χ2n) is 6.41. The summed E-state index contributed by atoms with van der Waals surface area (Å²) in [6, 6.07) is 30.9. The second-order valence-corrected chi connectivity index (χ2v) is 6.41. The van der Waals surface area contributed by atoms with E-state index >= 15 is 0 Å². The fraction of sp³-hybridized carbons (Fsp3) is 0. The number of imidazole rings is 1. The van der Waals surface area contributed by atoms with Crippen LogP contribution >= 0.6 is 0 Å². The molecule has 0 radical (unpaired) electrons. The van der Waals surface area contributed by atoms with Crippen LogP contribution in [-0.2, 0) is 0 Å². The van der Waals surface area contributed by atoms with Gasteiger partial charge in [0.25, 0.3) is 0 Å². The number of nitrogens with zero attached hydrogens (tertiary/aromatic N) is 2. The van der Waals surface area contributed by atoms with Gasteiger partial charge in [0.2, 0.25) is 0 Å². The van der Waals surface area contributed by atoms with E-state index in [9.17, 15) is 0 Å². The van der Waals surface area contributed by atoms with Crippen LogP contribution in [0.5, 0.6) is 0 Å². The molecule has 0 fully saturated rings. The third kappa shape index (κ3) is 2.70. The summed E-state index contributed by atoms with van der Waals surface area (Å²) in [4.78, 5) is 13.1. The first-order valence-electron chi connectivity index (χ1n) is 8.95. The Kier molecular flexibility index (Phi) is 3.76. The maximum absolute atomic E-state index is 5.12. The molecule has 1 N–H and O–H groups in total. The monoisotopic (exact) mass is 347 g/mol. The van der Waals surface area contributed by atoms with Gasteiger partial charge >= 0.3 is 0 Å². The molecule has 5 rings (SSSR count). The molecule has 0 aliphatic carbocycles. The summed E-state index contributed by atoms with van der Waals surface area (Å²) in [5.74, 6) is 0. The number of hydrogen-bond acceptors (Lipinski definition) is 2. The number of pyridine rings is 1. The molecule has 0 spiro atoms. The van der Waals surface area contributed by atoms with E-state index in [1.807, 2.05) is 54.6 Å². The van der Waals surface area contributed by atoms with Crippen LogP contribution in [0.15, 0.2) is 97.3 Å². The van der Waals surface area contributed by atoms with Gasteiger partial charge in [0.05, 0.1) is 23.2 Å². The Morgan fingerprint density at radius 3 is 1.67 bits per heavy atom. The minimum Gasteiger partial charge on any atom is -0.343 e. The van der Waals surface area contributed by atoms with Crippen LogP contribution in [0, 0.1) is 0 Å². The highest BCUT2D eigenvalue weighted by Crippen LogP contribution is 2.39. The highest BCUT2D eigenvalue weighted by atomic mass is 14.9. The van der Waals surface area contributed by atoms with Crippen LogP contribution in [0.4, 0.5) is 0 Å². The van der Waals surface area contributed by atoms with Crippen LogP contribution in [0.1, 0.15) is 0 Å². The highest BCUT2D eigenvalue weighted by Gasteiger charge is 2.19. The normalized spacial score (nSPS) is 11.0. The van der Waals surface area contributed by atoms with E-state index in [2.05, 4.69) is 46.4 Å². The van der Waals surface area contributed by atoms with Crippen molar-refractivity contribution in [2.24, 2.45) is 0 Å². The Morgan fingerprint density at radius 2 is 1.07 bits per heavy atom. The lowest BCUT2D eigenvalue weighted by Crippen LogP contribution is -1.95. The molecule has 2 heterocycles. The van der Waals surface area contributed by atoms with Crippen molar-refractivity contribution in [1.29, 1.82) is 0 Å². The van der Waals surface area contributed by atoms with E-state index in [4.69, 9.17) is 4.98 Å². The van der Waals surface area contributed by atoms with Crippen molar-refractivity contribution in [3.05, 3.63) is 97.3 Å². The van der Waals surface area contributed by atoms with Crippen molar-refractivity contribution < 1.29 is 0 Å². The second kappa shape index (κ2) is 6.54. The summed E-state index contributed by atoms with van der Waals surface area (Å²) in [5, 5.41) is 0. The average molecular weight is 347 g/mol. The first-order valence-corrected chi connectivity index (χ1v) is 8.95.